The summed E-state index contributed by atoms with van der Waals surface area (Å²) in [6, 6.07) is 22.3. The van der Waals surface area contributed by atoms with Crippen LogP contribution in [0.1, 0.15) is 40.9 Å². The maximum Gasteiger partial charge on any atom is 0.339 e. The third kappa shape index (κ3) is 4.99. The van der Waals surface area contributed by atoms with Gasteiger partial charge in [0.2, 0.25) is 0 Å². The molecule has 0 atom stereocenters. The Hall–Kier alpha value is -3.31. The van der Waals surface area contributed by atoms with Crippen LogP contribution in [0.2, 0.25) is 0 Å². The SMILES string of the molecule is CC(C)(c1ccc(OCCOCc2ccccc2)cc1)c1cccc(C(=O)O)c1O. The van der Waals surface area contributed by atoms with Crippen LogP contribution in [-0.2, 0) is 16.8 Å². The van der Waals surface area contributed by atoms with E-state index in [9.17, 15) is 15.0 Å². The zero-order chi connectivity index (χ0) is 21.6. The summed E-state index contributed by atoms with van der Waals surface area (Å²) < 4.78 is 11.4. The molecule has 0 fully saturated rings. The lowest BCUT2D eigenvalue weighted by atomic mass is 9.77. The molecule has 3 aromatic rings. The first-order valence-electron chi connectivity index (χ1n) is 9.80. The number of hydrogen-bond acceptors (Lipinski definition) is 4. The van der Waals surface area contributed by atoms with Crippen LogP contribution >= 0.6 is 0 Å². The molecular formula is C25H26O5. The minimum absolute atomic E-state index is 0.101. The van der Waals surface area contributed by atoms with Crippen LogP contribution in [-0.4, -0.2) is 29.4 Å². The van der Waals surface area contributed by atoms with Gasteiger partial charge in [-0.3, -0.25) is 0 Å². The van der Waals surface area contributed by atoms with Gasteiger partial charge in [0, 0.05) is 11.0 Å². The van der Waals surface area contributed by atoms with Gasteiger partial charge in [-0.1, -0.05) is 68.4 Å². The van der Waals surface area contributed by atoms with E-state index in [-0.39, 0.29) is 11.3 Å². The van der Waals surface area contributed by atoms with Crippen molar-refractivity contribution in [1.82, 2.24) is 0 Å². The fourth-order valence-corrected chi connectivity index (χ4v) is 3.33. The lowest BCUT2D eigenvalue weighted by molar-refractivity contribution is 0.0693. The van der Waals surface area contributed by atoms with Gasteiger partial charge in [-0.15, -0.1) is 0 Å². The maximum absolute atomic E-state index is 11.3. The van der Waals surface area contributed by atoms with Gasteiger partial charge in [-0.05, 0) is 29.3 Å². The van der Waals surface area contributed by atoms with Crippen molar-refractivity contribution in [3.8, 4) is 11.5 Å². The van der Waals surface area contributed by atoms with Crippen LogP contribution in [0.4, 0.5) is 0 Å². The number of ether oxygens (including phenoxy) is 2. The monoisotopic (exact) mass is 406 g/mol. The molecule has 3 rings (SSSR count). The van der Waals surface area contributed by atoms with Crippen molar-refractivity contribution in [2.24, 2.45) is 0 Å². The summed E-state index contributed by atoms with van der Waals surface area (Å²) >= 11 is 0. The summed E-state index contributed by atoms with van der Waals surface area (Å²) in [7, 11) is 0. The lowest BCUT2D eigenvalue weighted by Gasteiger charge is -2.27. The number of carboxylic acid groups (broad SMARTS) is 1. The van der Waals surface area contributed by atoms with Crippen molar-refractivity contribution < 1.29 is 24.5 Å². The quantitative estimate of drug-likeness (QED) is 0.489. The van der Waals surface area contributed by atoms with Gasteiger partial charge in [0.05, 0.1) is 13.2 Å². The minimum Gasteiger partial charge on any atom is -0.507 e. The molecule has 0 aliphatic rings. The summed E-state index contributed by atoms with van der Waals surface area (Å²) in [5, 5.41) is 19.7. The van der Waals surface area contributed by atoms with Gasteiger partial charge in [-0.2, -0.15) is 0 Å². The van der Waals surface area contributed by atoms with Crippen LogP contribution in [0.15, 0.2) is 72.8 Å². The third-order valence-electron chi connectivity index (χ3n) is 5.12. The highest BCUT2D eigenvalue weighted by molar-refractivity contribution is 5.91. The standard InChI is InChI=1S/C25H26O5/c1-25(2,22-10-6-9-21(23(22)26)24(27)28)19-11-13-20(14-12-19)30-16-15-29-17-18-7-4-3-5-8-18/h3-14,26H,15-17H2,1-2H3,(H,27,28). The number of carboxylic acids is 1. The molecule has 5 heteroatoms. The zero-order valence-electron chi connectivity index (χ0n) is 17.2. The molecule has 0 bridgehead atoms. The second kappa shape index (κ2) is 9.46. The maximum atomic E-state index is 11.3. The first kappa shape index (κ1) is 21.4. The molecule has 0 heterocycles. The molecule has 0 spiro atoms. The highest BCUT2D eigenvalue weighted by Gasteiger charge is 2.28. The molecule has 0 aromatic heterocycles. The summed E-state index contributed by atoms with van der Waals surface area (Å²) in [6.45, 7) is 5.37. The average Bonchev–Trinajstić information content (AvgIpc) is 2.74. The Morgan fingerprint density at radius 3 is 2.27 bits per heavy atom. The number of rotatable bonds is 9. The Kier molecular flexibility index (Phi) is 6.75. The zero-order valence-corrected chi connectivity index (χ0v) is 17.2. The molecule has 0 unspecified atom stereocenters. The van der Waals surface area contributed by atoms with E-state index < -0.39 is 11.4 Å². The van der Waals surface area contributed by atoms with Crippen LogP contribution in [0.3, 0.4) is 0 Å². The smallest absolute Gasteiger partial charge is 0.339 e. The Morgan fingerprint density at radius 2 is 1.60 bits per heavy atom. The molecule has 30 heavy (non-hydrogen) atoms. The van der Waals surface area contributed by atoms with E-state index >= 15 is 0 Å². The fourth-order valence-electron chi connectivity index (χ4n) is 3.33. The molecule has 5 nitrogen and oxygen atoms in total. The molecule has 0 saturated heterocycles. The number of phenols is 1. The Morgan fingerprint density at radius 1 is 0.900 bits per heavy atom. The number of para-hydroxylation sites is 1. The summed E-state index contributed by atoms with van der Waals surface area (Å²) in [5.41, 5.74) is 1.95. The molecule has 0 aliphatic heterocycles. The predicted octanol–water partition coefficient (Wildman–Crippen LogP) is 5.01. The van der Waals surface area contributed by atoms with E-state index in [0.717, 1.165) is 16.9 Å². The van der Waals surface area contributed by atoms with Crippen LogP contribution in [0.25, 0.3) is 0 Å². The van der Waals surface area contributed by atoms with Gasteiger partial charge in [-0.25, -0.2) is 4.79 Å². The van der Waals surface area contributed by atoms with Crippen molar-refractivity contribution in [3.05, 3.63) is 95.1 Å². The van der Waals surface area contributed by atoms with Gasteiger partial charge in [0.1, 0.15) is 23.7 Å². The second-order valence-corrected chi connectivity index (χ2v) is 7.54. The summed E-state index contributed by atoms with van der Waals surface area (Å²) in [6.07, 6.45) is 0. The van der Waals surface area contributed by atoms with E-state index in [1.807, 2.05) is 68.4 Å². The molecule has 0 aliphatic carbocycles. The van der Waals surface area contributed by atoms with Gasteiger partial charge in [0.25, 0.3) is 0 Å². The van der Waals surface area contributed by atoms with E-state index in [1.54, 1.807) is 12.1 Å². The Bertz CT molecular complexity index is 978. The number of benzene rings is 3. The van der Waals surface area contributed by atoms with Crippen molar-refractivity contribution in [1.29, 1.82) is 0 Å². The van der Waals surface area contributed by atoms with Crippen molar-refractivity contribution in [2.45, 2.75) is 25.9 Å². The van der Waals surface area contributed by atoms with E-state index in [1.165, 1.54) is 6.07 Å². The minimum atomic E-state index is -1.15. The summed E-state index contributed by atoms with van der Waals surface area (Å²) in [4.78, 5) is 11.3. The van der Waals surface area contributed by atoms with E-state index in [0.29, 0.717) is 25.4 Å². The molecule has 0 amide bonds. The number of aromatic hydroxyl groups is 1. The predicted molar refractivity (Wildman–Crippen MR) is 115 cm³/mol. The average molecular weight is 406 g/mol. The Balaban J connectivity index is 1.59. The lowest BCUT2D eigenvalue weighted by Crippen LogP contribution is -2.20. The van der Waals surface area contributed by atoms with Crippen molar-refractivity contribution in [3.63, 3.8) is 0 Å². The second-order valence-electron chi connectivity index (χ2n) is 7.54. The first-order valence-corrected chi connectivity index (χ1v) is 9.80. The topological polar surface area (TPSA) is 76.0 Å². The number of carbonyl (C=O) groups is 1. The highest BCUT2D eigenvalue weighted by Crippen LogP contribution is 2.38. The summed E-state index contributed by atoms with van der Waals surface area (Å²) in [5.74, 6) is -0.629. The van der Waals surface area contributed by atoms with Gasteiger partial charge in [0.15, 0.2) is 0 Å². The van der Waals surface area contributed by atoms with Crippen molar-refractivity contribution in [2.75, 3.05) is 13.2 Å². The van der Waals surface area contributed by atoms with Crippen LogP contribution in [0.5, 0.6) is 11.5 Å². The molecule has 156 valence electrons. The first-order chi connectivity index (χ1) is 14.4. The van der Waals surface area contributed by atoms with E-state index in [2.05, 4.69) is 0 Å². The van der Waals surface area contributed by atoms with Gasteiger partial charge >= 0.3 is 5.97 Å². The fraction of sp³-hybridized carbons (Fsp3) is 0.240. The normalized spacial score (nSPS) is 11.3. The third-order valence-corrected chi connectivity index (χ3v) is 5.12. The van der Waals surface area contributed by atoms with Gasteiger partial charge < -0.3 is 19.7 Å². The molecule has 0 radical (unpaired) electrons. The Labute approximate surface area is 176 Å². The van der Waals surface area contributed by atoms with Crippen LogP contribution < -0.4 is 4.74 Å². The largest absolute Gasteiger partial charge is 0.507 e. The molecule has 3 aromatic carbocycles. The molecule has 0 saturated carbocycles. The van der Waals surface area contributed by atoms with E-state index in [4.69, 9.17) is 9.47 Å². The highest BCUT2D eigenvalue weighted by atomic mass is 16.5. The van der Waals surface area contributed by atoms with Crippen molar-refractivity contribution >= 4 is 5.97 Å². The van der Waals surface area contributed by atoms with Crippen LogP contribution in [0, 0.1) is 0 Å². The molecule has 2 N–H and O–H groups in total. The number of aromatic carboxylic acids is 1. The molecular weight excluding hydrogens is 380 g/mol. The number of hydrogen-bond donors (Lipinski definition) is 2.